The maximum atomic E-state index is 13.7. The maximum absolute atomic E-state index is 13.7. The molecule has 4 aromatic carbocycles. The molecule has 0 aliphatic heterocycles. The van der Waals surface area contributed by atoms with Gasteiger partial charge in [0.25, 0.3) is 0 Å². The van der Waals surface area contributed by atoms with Crippen molar-refractivity contribution in [2.45, 2.75) is 105 Å². The van der Waals surface area contributed by atoms with E-state index in [4.69, 9.17) is 0 Å². The summed E-state index contributed by atoms with van der Waals surface area (Å²) < 4.78 is 0. The van der Waals surface area contributed by atoms with Gasteiger partial charge in [-0.25, -0.2) is 0 Å². The van der Waals surface area contributed by atoms with Crippen LogP contribution in [0.5, 0.6) is 0 Å². The zero-order valence-electron chi connectivity index (χ0n) is 28.5. The van der Waals surface area contributed by atoms with E-state index in [0.29, 0.717) is 15.9 Å². The fraction of sp³-hybridized carbons (Fsp3) is 0.400. The molecule has 43 heavy (non-hydrogen) atoms. The third-order valence-corrected chi connectivity index (χ3v) is 12.4. The molecule has 0 spiro atoms. The van der Waals surface area contributed by atoms with Crippen LogP contribution in [0.15, 0.2) is 91.0 Å². The van der Waals surface area contributed by atoms with Gasteiger partial charge in [-0.2, -0.15) is 0 Å². The van der Waals surface area contributed by atoms with Gasteiger partial charge in [-0.05, 0) is 0 Å². The average molecular weight is 597 g/mol. The van der Waals surface area contributed by atoms with Crippen LogP contribution in [0.1, 0.15) is 105 Å². The molecule has 2 N–H and O–H groups in total. The zero-order chi connectivity index (χ0) is 32.2. The summed E-state index contributed by atoms with van der Waals surface area (Å²) in [7, 11) is -5.05. The van der Waals surface area contributed by atoms with Crippen molar-refractivity contribution in [3.05, 3.63) is 113 Å². The number of benzene rings is 4. The average Bonchev–Trinajstić information content (AvgIpc) is 2.91. The standard InChI is InChI=1S/C40H53O2P/c1-37(2,3)31-24-18-23-30(35(31)39(7,8)9)29-22-16-17-26-33(29)43(41,42,28-20-14-13-15-21-28)34-27-19-25-32(38(4,5)6)36(34)40(10,11)12/h13-27,41-42H,1-12H3. The van der Waals surface area contributed by atoms with Gasteiger partial charge in [0.2, 0.25) is 0 Å². The van der Waals surface area contributed by atoms with Crippen molar-refractivity contribution in [1.29, 1.82) is 0 Å². The first-order valence-corrected chi connectivity index (χ1v) is 17.7. The Morgan fingerprint density at radius 1 is 0.395 bits per heavy atom. The van der Waals surface area contributed by atoms with Crippen LogP contribution < -0.4 is 15.9 Å². The van der Waals surface area contributed by atoms with Gasteiger partial charge < -0.3 is 0 Å². The van der Waals surface area contributed by atoms with Crippen LogP contribution in [-0.2, 0) is 21.7 Å². The Balaban J connectivity index is 2.28. The zero-order valence-corrected chi connectivity index (χ0v) is 29.4. The molecule has 4 rings (SSSR count). The quantitative estimate of drug-likeness (QED) is 0.231. The van der Waals surface area contributed by atoms with Crippen LogP contribution in [0.25, 0.3) is 11.1 Å². The van der Waals surface area contributed by atoms with Gasteiger partial charge in [0.15, 0.2) is 0 Å². The van der Waals surface area contributed by atoms with Crippen molar-refractivity contribution in [3.8, 4) is 11.1 Å². The molecule has 4 aromatic rings. The molecule has 0 unspecified atom stereocenters. The Labute approximate surface area is 261 Å². The van der Waals surface area contributed by atoms with Crippen molar-refractivity contribution in [2.24, 2.45) is 0 Å². The molecule has 0 radical (unpaired) electrons. The number of hydrogen-bond donors (Lipinski definition) is 2. The van der Waals surface area contributed by atoms with Gasteiger partial charge in [0.05, 0.1) is 0 Å². The molecule has 0 saturated heterocycles. The first-order valence-electron chi connectivity index (χ1n) is 15.5. The van der Waals surface area contributed by atoms with Crippen LogP contribution in [0.3, 0.4) is 0 Å². The molecule has 2 nitrogen and oxygen atoms in total. The Kier molecular flexibility index (Phi) is 8.24. The second kappa shape index (κ2) is 10.7. The van der Waals surface area contributed by atoms with Gasteiger partial charge in [-0.1, -0.05) is 0 Å². The van der Waals surface area contributed by atoms with Gasteiger partial charge in [0.1, 0.15) is 0 Å². The Morgan fingerprint density at radius 3 is 1.33 bits per heavy atom. The summed E-state index contributed by atoms with van der Waals surface area (Å²) in [5, 5.41) is 1.74. The molecule has 0 amide bonds. The third-order valence-electron chi connectivity index (χ3n) is 8.58. The summed E-state index contributed by atoms with van der Waals surface area (Å²) in [6.07, 6.45) is 0. The fourth-order valence-electron chi connectivity index (χ4n) is 6.71. The summed E-state index contributed by atoms with van der Waals surface area (Å²) in [6, 6.07) is 30.2. The van der Waals surface area contributed by atoms with Crippen LogP contribution >= 0.6 is 7.06 Å². The number of rotatable bonds is 4. The molecule has 230 valence electrons. The minimum absolute atomic E-state index is 0.0859. The van der Waals surface area contributed by atoms with E-state index >= 15 is 0 Å². The molecule has 0 heterocycles. The molecule has 0 atom stereocenters. The van der Waals surface area contributed by atoms with E-state index in [9.17, 15) is 9.79 Å². The second-order valence-corrected chi connectivity index (χ2v) is 19.8. The molecule has 0 saturated carbocycles. The number of hydrogen-bond acceptors (Lipinski definition) is 2. The molecule has 0 aliphatic carbocycles. The molecular weight excluding hydrogens is 543 g/mol. The Morgan fingerprint density at radius 2 is 0.814 bits per heavy atom. The molecule has 0 bridgehead atoms. The Bertz CT molecular complexity index is 1620. The summed E-state index contributed by atoms with van der Waals surface area (Å²) in [5.74, 6) is 0. The summed E-state index contributed by atoms with van der Waals surface area (Å²) >= 11 is 0. The SMILES string of the molecule is CC(C)(C)c1cccc(-c2ccccc2P(O)(O)(c2ccccc2)c2cccc(C(C)(C)C)c2C(C)(C)C)c1C(C)(C)C. The van der Waals surface area contributed by atoms with E-state index in [-0.39, 0.29) is 21.7 Å². The predicted octanol–water partition coefficient (Wildman–Crippen LogP) is 9.19. The van der Waals surface area contributed by atoms with Gasteiger partial charge >= 0.3 is 262 Å². The van der Waals surface area contributed by atoms with Crippen molar-refractivity contribution >= 4 is 23.0 Å². The van der Waals surface area contributed by atoms with Gasteiger partial charge in [0, 0.05) is 0 Å². The fourth-order valence-corrected chi connectivity index (χ4v) is 10.5. The molecule has 0 fully saturated rings. The Hall–Kier alpha value is -2.77. The van der Waals surface area contributed by atoms with Crippen LogP contribution in [0.4, 0.5) is 0 Å². The molecular formula is C40H53O2P. The molecule has 0 aliphatic rings. The van der Waals surface area contributed by atoms with E-state index in [1.54, 1.807) is 0 Å². The first kappa shape index (κ1) is 33.1. The molecule has 3 heteroatoms. The van der Waals surface area contributed by atoms with Crippen molar-refractivity contribution < 1.29 is 9.79 Å². The summed E-state index contributed by atoms with van der Waals surface area (Å²) in [6.45, 7) is 26.7. The van der Waals surface area contributed by atoms with Crippen LogP contribution in [0, 0.1) is 0 Å². The third kappa shape index (κ3) is 5.87. The molecule has 0 aromatic heterocycles. The monoisotopic (exact) mass is 596 g/mol. The van der Waals surface area contributed by atoms with Crippen molar-refractivity contribution in [2.75, 3.05) is 0 Å². The summed E-state index contributed by atoms with van der Waals surface area (Å²) in [4.78, 5) is 27.4. The topological polar surface area (TPSA) is 40.5 Å². The first-order chi connectivity index (χ1) is 19.6. The van der Waals surface area contributed by atoms with E-state index in [1.807, 2.05) is 60.7 Å². The van der Waals surface area contributed by atoms with Crippen molar-refractivity contribution in [3.63, 3.8) is 0 Å². The van der Waals surface area contributed by atoms with Crippen LogP contribution in [-0.4, -0.2) is 9.79 Å². The normalized spacial score (nSPS) is 14.3. The van der Waals surface area contributed by atoms with Crippen molar-refractivity contribution in [1.82, 2.24) is 0 Å². The van der Waals surface area contributed by atoms with Gasteiger partial charge in [-0.3, -0.25) is 0 Å². The van der Waals surface area contributed by atoms with E-state index in [2.05, 4.69) is 113 Å². The van der Waals surface area contributed by atoms with E-state index in [1.165, 1.54) is 11.1 Å². The van der Waals surface area contributed by atoms with Crippen LogP contribution in [0.2, 0.25) is 0 Å². The van der Waals surface area contributed by atoms with E-state index in [0.717, 1.165) is 22.3 Å². The van der Waals surface area contributed by atoms with Gasteiger partial charge in [-0.15, -0.1) is 0 Å². The van der Waals surface area contributed by atoms with E-state index < -0.39 is 7.06 Å². The minimum atomic E-state index is -5.05. The second-order valence-electron chi connectivity index (χ2n) is 16.3. The predicted molar refractivity (Wildman–Crippen MR) is 190 cm³/mol. The summed E-state index contributed by atoms with van der Waals surface area (Å²) in [5.41, 5.74) is 5.75.